The van der Waals surface area contributed by atoms with Crippen molar-refractivity contribution in [3.63, 3.8) is 0 Å². The van der Waals surface area contributed by atoms with Gasteiger partial charge in [-0.15, -0.1) is 0 Å². The molecule has 7 nitrogen and oxygen atoms in total. The van der Waals surface area contributed by atoms with Crippen molar-refractivity contribution in [1.82, 2.24) is 10.4 Å². The van der Waals surface area contributed by atoms with Crippen molar-refractivity contribution in [3.05, 3.63) is 72.1 Å². The smallest absolute Gasteiger partial charge is 0.289 e. The Labute approximate surface area is 175 Å². The van der Waals surface area contributed by atoms with E-state index in [0.29, 0.717) is 18.1 Å². The van der Waals surface area contributed by atoms with Gasteiger partial charge in [-0.25, -0.2) is 5.43 Å². The maximum Gasteiger partial charge on any atom is 0.289 e. The average molecular weight is 405 g/mol. The van der Waals surface area contributed by atoms with Gasteiger partial charge in [0, 0.05) is 17.8 Å². The average Bonchev–Trinajstić information content (AvgIpc) is 2.79. The van der Waals surface area contributed by atoms with Crippen molar-refractivity contribution in [2.75, 3.05) is 20.8 Å². The van der Waals surface area contributed by atoms with E-state index in [9.17, 15) is 4.79 Å². The van der Waals surface area contributed by atoms with E-state index in [1.807, 2.05) is 37.3 Å². The van der Waals surface area contributed by atoms with Gasteiger partial charge in [0.15, 0.2) is 0 Å². The van der Waals surface area contributed by atoms with Crippen molar-refractivity contribution in [3.8, 4) is 28.4 Å². The van der Waals surface area contributed by atoms with Crippen LogP contribution in [0.25, 0.3) is 11.1 Å². The van der Waals surface area contributed by atoms with E-state index in [2.05, 4.69) is 15.5 Å². The number of nitrogens with one attached hydrogen (secondary N) is 1. The zero-order valence-corrected chi connectivity index (χ0v) is 17.1. The van der Waals surface area contributed by atoms with E-state index in [4.69, 9.17) is 14.2 Å². The van der Waals surface area contributed by atoms with Crippen LogP contribution in [-0.2, 0) is 0 Å². The fourth-order valence-electron chi connectivity index (χ4n) is 2.77. The molecule has 0 aliphatic heterocycles. The fourth-order valence-corrected chi connectivity index (χ4v) is 2.77. The van der Waals surface area contributed by atoms with E-state index in [0.717, 1.165) is 22.4 Å². The highest BCUT2D eigenvalue weighted by atomic mass is 16.5. The number of amides is 1. The third-order valence-corrected chi connectivity index (χ3v) is 4.24. The SMILES string of the molecule is CCOc1ccc(-c2ccnc(C(=O)N/N=C/c3cc(OC)cc(OC)c3)c2)cc1. The van der Waals surface area contributed by atoms with Crippen molar-refractivity contribution in [2.45, 2.75) is 6.92 Å². The number of methoxy groups -OCH3 is 2. The summed E-state index contributed by atoms with van der Waals surface area (Å²) in [6.45, 7) is 2.55. The Kier molecular flexibility index (Phi) is 7.00. The van der Waals surface area contributed by atoms with Crippen LogP contribution >= 0.6 is 0 Å². The maximum absolute atomic E-state index is 12.4. The predicted octanol–water partition coefficient (Wildman–Crippen LogP) is 3.93. The van der Waals surface area contributed by atoms with E-state index < -0.39 is 5.91 Å². The Bertz CT molecular complexity index is 1010. The number of rotatable bonds is 8. The molecule has 0 aliphatic carbocycles. The van der Waals surface area contributed by atoms with E-state index in [1.54, 1.807) is 44.7 Å². The first kappa shape index (κ1) is 20.9. The lowest BCUT2D eigenvalue weighted by molar-refractivity contribution is 0.0950. The Morgan fingerprint density at radius 3 is 2.30 bits per heavy atom. The normalized spacial score (nSPS) is 10.6. The van der Waals surface area contributed by atoms with Gasteiger partial charge in [-0.1, -0.05) is 12.1 Å². The molecule has 0 saturated carbocycles. The number of ether oxygens (including phenoxy) is 3. The standard InChI is InChI=1S/C23H23N3O4/c1-4-30-19-7-5-17(6-8-19)18-9-10-24-22(13-18)23(27)26-25-15-16-11-20(28-2)14-21(12-16)29-3/h5-15H,4H2,1-3H3,(H,26,27)/b25-15+. The molecule has 2 aromatic carbocycles. The molecule has 0 aliphatic rings. The maximum atomic E-state index is 12.4. The van der Waals surface area contributed by atoms with Crippen molar-refractivity contribution >= 4 is 12.1 Å². The number of aromatic nitrogens is 1. The molecule has 0 fully saturated rings. The summed E-state index contributed by atoms with van der Waals surface area (Å²) in [5.41, 5.74) is 5.32. The molecule has 1 N–H and O–H groups in total. The van der Waals surface area contributed by atoms with Gasteiger partial charge in [0.1, 0.15) is 22.9 Å². The number of carbonyl (C=O) groups excluding carboxylic acids is 1. The number of nitrogens with zero attached hydrogens (tertiary/aromatic N) is 2. The third kappa shape index (κ3) is 5.35. The third-order valence-electron chi connectivity index (χ3n) is 4.24. The molecule has 0 atom stereocenters. The predicted molar refractivity (Wildman–Crippen MR) is 115 cm³/mol. The first-order valence-electron chi connectivity index (χ1n) is 9.38. The minimum absolute atomic E-state index is 0.266. The first-order valence-corrected chi connectivity index (χ1v) is 9.38. The molecular weight excluding hydrogens is 382 g/mol. The molecule has 1 aromatic heterocycles. The summed E-state index contributed by atoms with van der Waals surface area (Å²) in [5, 5.41) is 4.01. The molecule has 7 heteroatoms. The topological polar surface area (TPSA) is 82.0 Å². The summed E-state index contributed by atoms with van der Waals surface area (Å²) in [4.78, 5) is 16.6. The van der Waals surface area contributed by atoms with Gasteiger partial charge in [-0.05, 0) is 54.4 Å². The summed E-state index contributed by atoms with van der Waals surface area (Å²) in [6, 6.07) is 16.6. The zero-order valence-electron chi connectivity index (χ0n) is 17.1. The number of hydrogen-bond donors (Lipinski definition) is 1. The molecule has 1 amide bonds. The molecule has 0 spiro atoms. The molecule has 0 saturated heterocycles. The number of carbonyl (C=O) groups is 1. The van der Waals surface area contributed by atoms with Gasteiger partial charge in [-0.3, -0.25) is 9.78 Å². The summed E-state index contributed by atoms with van der Waals surface area (Å²) in [6.07, 6.45) is 3.11. The lowest BCUT2D eigenvalue weighted by atomic mass is 10.1. The summed E-state index contributed by atoms with van der Waals surface area (Å²) in [5.74, 6) is 1.66. The Morgan fingerprint density at radius 1 is 0.967 bits per heavy atom. The number of hydrazone groups is 1. The van der Waals surface area contributed by atoms with Gasteiger partial charge < -0.3 is 14.2 Å². The zero-order chi connectivity index (χ0) is 21.3. The molecule has 0 radical (unpaired) electrons. The van der Waals surface area contributed by atoms with Crippen LogP contribution < -0.4 is 19.6 Å². The second kappa shape index (κ2) is 10.1. The Hall–Kier alpha value is -3.87. The van der Waals surface area contributed by atoms with Crippen molar-refractivity contribution < 1.29 is 19.0 Å². The van der Waals surface area contributed by atoms with Gasteiger partial charge >= 0.3 is 0 Å². The Balaban J connectivity index is 1.70. The Morgan fingerprint density at radius 2 is 1.67 bits per heavy atom. The van der Waals surface area contributed by atoms with E-state index in [1.165, 1.54) is 6.21 Å². The molecule has 154 valence electrons. The van der Waals surface area contributed by atoms with Crippen LogP contribution in [0.5, 0.6) is 17.2 Å². The highest BCUT2D eigenvalue weighted by molar-refractivity contribution is 5.94. The monoisotopic (exact) mass is 405 g/mol. The lowest BCUT2D eigenvalue weighted by Gasteiger charge is -2.07. The molecule has 30 heavy (non-hydrogen) atoms. The second-order valence-electron chi connectivity index (χ2n) is 6.23. The highest BCUT2D eigenvalue weighted by Gasteiger charge is 2.08. The molecule has 3 aromatic rings. The summed E-state index contributed by atoms with van der Waals surface area (Å²) in [7, 11) is 3.14. The second-order valence-corrected chi connectivity index (χ2v) is 6.23. The van der Waals surface area contributed by atoms with Crippen LogP contribution in [0.2, 0.25) is 0 Å². The minimum Gasteiger partial charge on any atom is -0.497 e. The molecule has 1 heterocycles. The van der Waals surface area contributed by atoms with Gasteiger partial charge in [0.2, 0.25) is 0 Å². The molecule has 0 unspecified atom stereocenters. The molecular formula is C23H23N3O4. The quantitative estimate of drug-likeness (QED) is 0.454. The van der Waals surface area contributed by atoms with Crippen LogP contribution in [0.1, 0.15) is 23.0 Å². The largest absolute Gasteiger partial charge is 0.497 e. The van der Waals surface area contributed by atoms with Crippen molar-refractivity contribution in [1.29, 1.82) is 0 Å². The molecule has 0 bridgehead atoms. The van der Waals surface area contributed by atoms with Crippen LogP contribution in [0.15, 0.2) is 65.9 Å². The summed E-state index contributed by atoms with van der Waals surface area (Å²) < 4.78 is 15.9. The number of pyridine rings is 1. The number of hydrogen-bond acceptors (Lipinski definition) is 6. The highest BCUT2D eigenvalue weighted by Crippen LogP contribution is 2.23. The lowest BCUT2D eigenvalue weighted by Crippen LogP contribution is -2.19. The minimum atomic E-state index is -0.408. The number of benzene rings is 2. The van der Waals surface area contributed by atoms with Gasteiger partial charge in [-0.2, -0.15) is 5.10 Å². The van der Waals surface area contributed by atoms with Crippen LogP contribution in [0.3, 0.4) is 0 Å². The van der Waals surface area contributed by atoms with Gasteiger partial charge in [0.05, 0.1) is 27.0 Å². The van der Waals surface area contributed by atoms with Crippen LogP contribution in [0.4, 0.5) is 0 Å². The van der Waals surface area contributed by atoms with Crippen molar-refractivity contribution in [2.24, 2.45) is 5.10 Å². The van der Waals surface area contributed by atoms with E-state index in [-0.39, 0.29) is 5.69 Å². The summed E-state index contributed by atoms with van der Waals surface area (Å²) >= 11 is 0. The fraction of sp³-hybridized carbons (Fsp3) is 0.174. The van der Waals surface area contributed by atoms with E-state index >= 15 is 0 Å². The first-order chi connectivity index (χ1) is 14.6. The van der Waals surface area contributed by atoms with Gasteiger partial charge in [0.25, 0.3) is 5.91 Å². The van der Waals surface area contributed by atoms with Crippen LogP contribution in [0, 0.1) is 0 Å². The molecule has 3 rings (SSSR count). The van der Waals surface area contributed by atoms with Crippen LogP contribution in [-0.4, -0.2) is 37.9 Å².